The van der Waals surface area contributed by atoms with E-state index in [4.69, 9.17) is 14.6 Å². The number of halogens is 1. The lowest BCUT2D eigenvalue weighted by Gasteiger charge is -2.03. The van der Waals surface area contributed by atoms with Gasteiger partial charge in [0.1, 0.15) is 11.6 Å². The Kier molecular flexibility index (Phi) is 9.73. The van der Waals surface area contributed by atoms with Crippen molar-refractivity contribution in [2.45, 2.75) is 27.2 Å². The molecule has 0 saturated carbocycles. The number of rotatable bonds is 4. The molecule has 0 radical (unpaired) electrons. The highest BCUT2D eigenvalue weighted by molar-refractivity contribution is 5.84. The van der Waals surface area contributed by atoms with Gasteiger partial charge in [-0.2, -0.15) is 0 Å². The van der Waals surface area contributed by atoms with Gasteiger partial charge < -0.3 is 19.6 Å². The summed E-state index contributed by atoms with van der Waals surface area (Å²) >= 11 is 0. The third kappa shape index (κ3) is 8.14. The summed E-state index contributed by atoms with van der Waals surface area (Å²) in [6.07, 6.45) is 2.80. The zero-order valence-electron chi connectivity index (χ0n) is 22.0. The molecule has 37 heavy (non-hydrogen) atoms. The number of aromatic hydroxyl groups is 1. The Hall–Kier alpha value is -4.25. The molecule has 0 spiro atoms. The van der Waals surface area contributed by atoms with E-state index in [-0.39, 0.29) is 11.6 Å². The van der Waals surface area contributed by atoms with E-state index in [0.29, 0.717) is 5.75 Å². The number of methoxy groups -OCH3 is 2. The summed E-state index contributed by atoms with van der Waals surface area (Å²) in [7, 11) is 3.22. The standard InChI is InChI=1S/C14H13F.C10H11NO.C8H10O2/c1-11-7-13(10-14(15)8-11)9-12-5-3-2-4-6-12;1-7-6-11-10-4-3-8(12-2)5-9(7)10;1-6-3-4-8(10-2)7(9)5-6/h2-8,10H,9H2,1H3;3-6,11H,1-2H3;3-5,9H,1-2H3. The number of H-pyrrole nitrogens is 1. The summed E-state index contributed by atoms with van der Waals surface area (Å²) in [4.78, 5) is 3.18. The van der Waals surface area contributed by atoms with Crippen molar-refractivity contribution < 1.29 is 19.0 Å². The highest BCUT2D eigenvalue weighted by atomic mass is 19.1. The minimum atomic E-state index is -0.152. The van der Waals surface area contributed by atoms with Crippen molar-refractivity contribution in [3.63, 3.8) is 0 Å². The van der Waals surface area contributed by atoms with E-state index in [9.17, 15) is 4.39 Å². The maximum atomic E-state index is 13.1. The average Bonchev–Trinajstić information content (AvgIpc) is 3.25. The third-order valence-corrected chi connectivity index (χ3v) is 5.78. The van der Waals surface area contributed by atoms with Gasteiger partial charge in [-0.15, -0.1) is 0 Å². The molecule has 1 aromatic heterocycles. The van der Waals surface area contributed by atoms with Gasteiger partial charge in [-0.05, 0) is 97.5 Å². The van der Waals surface area contributed by atoms with Gasteiger partial charge in [0.05, 0.1) is 14.2 Å². The molecule has 0 aliphatic heterocycles. The number of aryl methyl sites for hydroxylation is 3. The fourth-order valence-corrected chi connectivity index (χ4v) is 3.91. The number of ether oxygens (including phenoxy) is 2. The number of aromatic nitrogens is 1. The lowest BCUT2D eigenvalue weighted by molar-refractivity contribution is 0.373. The second-order valence-electron chi connectivity index (χ2n) is 8.86. The number of phenols is 1. The van der Waals surface area contributed by atoms with E-state index < -0.39 is 0 Å². The van der Waals surface area contributed by atoms with Crippen molar-refractivity contribution in [2.24, 2.45) is 0 Å². The maximum Gasteiger partial charge on any atom is 0.160 e. The van der Waals surface area contributed by atoms with Gasteiger partial charge in [0, 0.05) is 17.1 Å². The molecule has 0 aliphatic rings. The number of phenolic OH excluding ortho intramolecular Hbond substituents is 1. The van der Waals surface area contributed by atoms with Gasteiger partial charge in [-0.1, -0.05) is 42.5 Å². The van der Waals surface area contributed by atoms with Crippen LogP contribution in [0, 0.1) is 26.6 Å². The SMILES string of the molecule is COc1ccc(C)cc1O.COc1ccc2[nH]cc(C)c2c1.Cc1cc(F)cc(Cc2ccccc2)c1. The number of aromatic amines is 1. The van der Waals surface area contributed by atoms with Crippen molar-refractivity contribution in [2.75, 3.05) is 14.2 Å². The van der Waals surface area contributed by atoms with Gasteiger partial charge >= 0.3 is 0 Å². The molecule has 0 aliphatic carbocycles. The first-order chi connectivity index (χ1) is 17.8. The van der Waals surface area contributed by atoms with Gasteiger partial charge in [0.2, 0.25) is 0 Å². The monoisotopic (exact) mass is 499 g/mol. The van der Waals surface area contributed by atoms with Crippen LogP contribution >= 0.6 is 0 Å². The molecule has 1 heterocycles. The molecule has 0 unspecified atom stereocenters. The van der Waals surface area contributed by atoms with E-state index in [0.717, 1.165) is 34.4 Å². The normalized spacial score (nSPS) is 10.1. The molecular formula is C32H34FNO3. The van der Waals surface area contributed by atoms with Crippen LogP contribution in [0.1, 0.15) is 27.8 Å². The van der Waals surface area contributed by atoms with Gasteiger partial charge in [-0.25, -0.2) is 4.39 Å². The fourth-order valence-electron chi connectivity index (χ4n) is 3.91. The Bertz CT molecular complexity index is 1410. The predicted molar refractivity (Wildman–Crippen MR) is 149 cm³/mol. The number of nitrogens with one attached hydrogen (secondary N) is 1. The van der Waals surface area contributed by atoms with Crippen LogP contribution in [-0.2, 0) is 6.42 Å². The lowest BCUT2D eigenvalue weighted by Crippen LogP contribution is -1.90. The molecule has 0 saturated heterocycles. The van der Waals surface area contributed by atoms with Crippen molar-refractivity contribution in [1.29, 1.82) is 0 Å². The van der Waals surface area contributed by atoms with Crippen molar-refractivity contribution in [3.05, 3.63) is 125 Å². The summed E-state index contributed by atoms with van der Waals surface area (Å²) in [6.45, 7) is 5.91. The molecule has 5 rings (SSSR count). The number of hydrogen-bond donors (Lipinski definition) is 2. The molecule has 0 amide bonds. The Morgan fingerprint density at radius 2 is 1.51 bits per heavy atom. The smallest absolute Gasteiger partial charge is 0.160 e. The molecule has 0 fully saturated rings. The summed E-state index contributed by atoms with van der Waals surface area (Å²) in [5.74, 6) is 1.47. The molecule has 192 valence electrons. The molecule has 5 aromatic rings. The Balaban J connectivity index is 0.000000158. The van der Waals surface area contributed by atoms with Crippen LogP contribution in [0.25, 0.3) is 10.9 Å². The first kappa shape index (κ1) is 27.3. The zero-order valence-corrected chi connectivity index (χ0v) is 22.0. The highest BCUT2D eigenvalue weighted by Crippen LogP contribution is 2.25. The number of benzene rings is 4. The van der Waals surface area contributed by atoms with Crippen molar-refractivity contribution in [3.8, 4) is 17.2 Å². The van der Waals surface area contributed by atoms with Gasteiger partial charge in [-0.3, -0.25) is 0 Å². The number of hydrogen-bond acceptors (Lipinski definition) is 3. The first-order valence-electron chi connectivity index (χ1n) is 12.0. The van der Waals surface area contributed by atoms with Crippen molar-refractivity contribution in [1.82, 2.24) is 4.98 Å². The molecular weight excluding hydrogens is 465 g/mol. The summed E-state index contributed by atoms with van der Waals surface area (Å²) in [5, 5.41) is 10.4. The Morgan fingerprint density at radius 3 is 2.16 bits per heavy atom. The quantitative estimate of drug-likeness (QED) is 0.264. The molecule has 5 heteroatoms. The molecule has 4 aromatic carbocycles. The molecule has 4 nitrogen and oxygen atoms in total. The third-order valence-electron chi connectivity index (χ3n) is 5.78. The Morgan fingerprint density at radius 1 is 0.757 bits per heavy atom. The van der Waals surface area contributed by atoms with Crippen LogP contribution in [0.3, 0.4) is 0 Å². The highest BCUT2D eigenvalue weighted by Gasteiger charge is 2.01. The van der Waals surface area contributed by atoms with E-state index in [1.807, 2.05) is 68.6 Å². The van der Waals surface area contributed by atoms with E-state index in [1.54, 1.807) is 31.4 Å². The van der Waals surface area contributed by atoms with Crippen LogP contribution in [0.4, 0.5) is 4.39 Å². The predicted octanol–water partition coefficient (Wildman–Crippen LogP) is 7.92. The largest absolute Gasteiger partial charge is 0.504 e. The fraction of sp³-hybridized carbons (Fsp3) is 0.188. The minimum absolute atomic E-state index is 0.152. The van der Waals surface area contributed by atoms with Crippen LogP contribution in [0.5, 0.6) is 17.2 Å². The first-order valence-corrected chi connectivity index (χ1v) is 12.0. The molecule has 0 bridgehead atoms. The van der Waals surface area contributed by atoms with Gasteiger partial charge in [0.15, 0.2) is 11.5 Å². The van der Waals surface area contributed by atoms with Crippen LogP contribution in [0.2, 0.25) is 0 Å². The number of fused-ring (bicyclic) bond motifs is 1. The average molecular weight is 500 g/mol. The Labute approximate surface area is 218 Å². The summed E-state index contributed by atoms with van der Waals surface area (Å²) < 4.78 is 23.1. The summed E-state index contributed by atoms with van der Waals surface area (Å²) in [5.41, 5.74) is 6.65. The van der Waals surface area contributed by atoms with Crippen LogP contribution in [-0.4, -0.2) is 24.3 Å². The second-order valence-corrected chi connectivity index (χ2v) is 8.86. The van der Waals surface area contributed by atoms with Crippen LogP contribution < -0.4 is 9.47 Å². The topological polar surface area (TPSA) is 54.5 Å². The summed E-state index contributed by atoms with van der Waals surface area (Å²) in [6, 6.07) is 26.6. The van der Waals surface area contributed by atoms with Crippen LogP contribution in [0.15, 0.2) is 91.1 Å². The van der Waals surface area contributed by atoms with E-state index in [1.165, 1.54) is 23.6 Å². The molecule has 2 N–H and O–H groups in total. The van der Waals surface area contributed by atoms with E-state index in [2.05, 4.69) is 24.0 Å². The van der Waals surface area contributed by atoms with Gasteiger partial charge in [0.25, 0.3) is 0 Å². The second kappa shape index (κ2) is 13.2. The zero-order chi connectivity index (χ0) is 26.8. The molecule has 0 atom stereocenters. The minimum Gasteiger partial charge on any atom is -0.504 e. The lowest BCUT2D eigenvalue weighted by atomic mass is 10.0. The maximum absolute atomic E-state index is 13.1. The van der Waals surface area contributed by atoms with E-state index >= 15 is 0 Å². The van der Waals surface area contributed by atoms with Crippen molar-refractivity contribution >= 4 is 10.9 Å².